The minimum Gasteiger partial charge on any atom is -0.446 e. The van der Waals surface area contributed by atoms with Crippen LogP contribution in [-0.4, -0.2) is 53.1 Å². The van der Waals surface area contributed by atoms with E-state index in [9.17, 15) is 37.0 Å². The van der Waals surface area contributed by atoms with Gasteiger partial charge in [-0.15, -0.1) is 0 Å². The normalized spacial score (nSPS) is 17.5. The number of anilines is 2. The van der Waals surface area contributed by atoms with Crippen molar-refractivity contribution in [2.75, 3.05) is 17.3 Å². The lowest BCUT2D eigenvalue weighted by Crippen LogP contribution is -2.56. The van der Waals surface area contributed by atoms with E-state index in [0.717, 1.165) is 36.2 Å². The summed E-state index contributed by atoms with van der Waals surface area (Å²) in [5.41, 5.74) is -1.37. The highest BCUT2D eigenvalue weighted by Gasteiger charge is 2.44. The topological polar surface area (TPSA) is 94.5 Å². The van der Waals surface area contributed by atoms with Crippen LogP contribution in [0.4, 0.5) is 33.3 Å². The van der Waals surface area contributed by atoms with Gasteiger partial charge >= 0.3 is 18.4 Å². The van der Waals surface area contributed by atoms with E-state index in [0.29, 0.717) is 11.0 Å². The zero-order chi connectivity index (χ0) is 29.2. The number of benzene rings is 3. The smallest absolute Gasteiger partial charge is 0.431 e. The first-order chi connectivity index (χ1) is 18.8. The molecule has 212 valence electrons. The highest BCUT2D eigenvalue weighted by molar-refractivity contribution is 6.33. The van der Waals surface area contributed by atoms with Crippen LogP contribution in [0.25, 0.3) is 0 Å². The Morgan fingerprint density at radius 3 is 2.08 bits per heavy atom. The Bertz CT molecular complexity index is 1380. The van der Waals surface area contributed by atoms with Crippen LogP contribution in [0, 0.1) is 11.6 Å². The second kappa shape index (κ2) is 11.6. The number of carbonyl (C=O) groups is 1. The number of nitrogens with one attached hydrogen (secondary N) is 1. The van der Waals surface area contributed by atoms with Crippen molar-refractivity contribution in [3.05, 3.63) is 95.2 Å². The predicted octanol–water partition coefficient (Wildman–Crippen LogP) is 4.83. The standard InChI is InChI=1S/C26H21ClF5N3O5/c1-34-21(26(30,31)32)13-22(36)35(25(34)38)16-8-9-19(27)20(12-16)33-23(37)24(39-17-6-2-4-14(28)10-17)40-18-7-3-5-15(29)11-18/h2-13,22,24-25,36,38H,1H3,(H,33,37). The Kier molecular flexibility index (Phi) is 8.37. The average molecular weight is 586 g/mol. The van der Waals surface area contributed by atoms with Crippen LogP contribution in [-0.2, 0) is 4.79 Å². The molecule has 2 unspecified atom stereocenters. The van der Waals surface area contributed by atoms with Gasteiger partial charge in [0.25, 0.3) is 0 Å². The second-order valence-corrected chi connectivity index (χ2v) is 8.87. The third-order valence-corrected chi connectivity index (χ3v) is 5.99. The molecule has 1 heterocycles. The first-order valence-corrected chi connectivity index (χ1v) is 11.8. The van der Waals surface area contributed by atoms with Gasteiger partial charge in [0.05, 0.1) is 10.7 Å². The molecule has 14 heteroatoms. The molecule has 3 aromatic rings. The molecule has 2 atom stereocenters. The van der Waals surface area contributed by atoms with Crippen molar-refractivity contribution in [1.82, 2.24) is 4.90 Å². The van der Waals surface area contributed by atoms with E-state index >= 15 is 0 Å². The predicted molar refractivity (Wildman–Crippen MR) is 134 cm³/mol. The van der Waals surface area contributed by atoms with E-state index in [-0.39, 0.29) is 27.9 Å². The number of nitrogens with zero attached hydrogens (tertiary/aromatic N) is 2. The summed E-state index contributed by atoms with van der Waals surface area (Å²) in [7, 11) is 0.986. The summed E-state index contributed by atoms with van der Waals surface area (Å²) >= 11 is 6.22. The number of amides is 1. The van der Waals surface area contributed by atoms with Crippen LogP contribution in [0.5, 0.6) is 11.5 Å². The largest absolute Gasteiger partial charge is 0.446 e. The summed E-state index contributed by atoms with van der Waals surface area (Å²) < 4.78 is 78.2. The number of aliphatic hydroxyl groups excluding tert-OH is 2. The van der Waals surface area contributed by atoms with E-state index in [1.165, 1.54) is 42.5 Å². The Balaban J connectivity index is 1.62. The summed E-state index contributed by atoms with van der Waals surface area (Å²) in [5, 5.41) is 23.3. The van der Waals surface area contributed by atoms with Gasteiger partial charge in [-0.2, -0.15) is 13.2 Å². The van der Waals surface area contributed by atoms with Crippen molar-refractivity contribution in [2.24, 2.45) is 0 Å². The quantitative estimate of drug-likeness (QED) is 0.270. The third kappa shape index (κ3) is 6.55. The van der Waals surface area contributed by atoms with Crippen LogP contribution < -0.4 is 19.7 Å². The van der Waals surface area contributed by atoms with Crippen LogP contribution >= 0.6 is 11.6 Å². The number of carbonyl (C=O) groups excluding carboxylic acids is 1. The van der Waals surface area contributed by atoms with Gasteiger partial charge in [0.1, 0.15) is 28.8 Å². The Labute approximate surface area is 229 Å². The molecule has 0 saturated carbocycles. The molecule has 40 heavy (non-hydrogen) atoms. The fourth-order valence-electron chi connectivity index (χ4n) is 3.79. The van der Waals surface area contributed by atoms with E-state index in [1.807, 2.05) is 0 Å². The zero-order valence-electron chi connectivity index (χ0n) is 20.4. The summed E-state index contributed by atoms with van der Waals surface area (Å²) in [6, 6.07) is 13.4. The van der Waals surface area contributed by atoms with Gasteiger partial charge in [0.15, 0.2) is 6.23 Å². The molecule has 0 radical (unpaired) electrons. The molecule has 1 amide bonds. The van der Waals surface area contributed by atoms with Crippen LogP contribution in [0.15, 0.2) is 78.5 Å². The molecule has 4 rings (SSSR count). The SMILES string of the molecule is CN1C(C(F)(F)F)=CC(O)N(c2ccc(Cl)c(NC(=O)C(Oc3cccc(F)c3)Oc3cccc(F)c3)c2)C1O. The van der Waals surface area contributed by atoms with Gasteiger partial charge in [-0.3, -0.25) is 9.69 Å². The van der Waals surface area contributed by atoms with Crippen molar-refractivity contribution in [3.8, 4) is 11.5 Å². The summed E-state index contributed by atoms with van der Waals surface area (Å²) in [4.78, 5) is 14.6. The molecule has 8 nitrogen and oxygen atoms in total. The molecule has 0 saturated heterocycles. The highest BCUT2D eigenvalue weighted by atomic mass is 35.5. The first-order valence-electron chi connectivity index (χ1n) is 11.4. The van der Waals surface area contributed by atoms with E-state index < -0.39 is 48.3 Å². The first kappa shape index (κ1) is 28.9. The number of halogens is 6. The maximum absolute atomic E-state index is 13.7. The maximum atomic E-state index is 13.7. The third-order valence-electron chi connectivity index (χ3n) is 5.66. The summed E-state index contributed by atoms with van der Waals surface area (Å²) in [6.07, 6.45) is -9.96. The molecule has 3 N–H and O–H groups in total. The lowest BCUT2D eigenvalue weighted by atomic mass is 10.2. The van der Waals surface area contributed by atoms with Gasteiger partial charge in [0, 0.05) is 24.9 Å². The van der Waals surface area contributed by atoms with Crippen LogP contribution in [0.1, 0.15) is 0 Å². The minimum atomic E-state index is -4.83. The lowest BCUT2D eigenvalue weighted by Gasteiger charge is -2.43. The highest BCUT2D eigenvalue weighted by Crippen LogP contribution is 2.37. The van der Waals surface area contributed by atoms with Crippen molar-refractivity contribution >= 4 is 28.9 Å². The summed E-state index contributed by atoms with van der Waals surface area (Å²) in [5.74, 6) is -2.49. The van der Waals surface area contributed by atoms with Crippen LogP contribution in [0.2, 0.25) is 5.02 Å². The Morgan fingerprint density at radius 1 is 0.975 bits per heavy atom. The molecule has 0 aromatic heterocycles. The van der Waals surface area contributed by atoms with E-state index in [1.54, 1.807) is 0 Å². The van der Waals surface area contributed by atoms with Gasteiger partial charge in [-0.05, 0) is 48.5 Å². The number of aliphatic hydroxyl groups is 2. The molecule has 0 bridgehead atoms. The van der Waals surface area contributed by atoms with Crippen LogP contribution in [0.3, 0.4) is 0 Å². The molecular formula is C26H21ClF5N3O5. The number of allylic oxidation sites excluding steroid dienone is 1. The number of rotatable bonds is 7. The molecule has 3 aromatic carbocycles. The Hall–Kier alpha value is -4.07. The summed E-state index contributed by atoms with van der Waals surface area (Å²) in [6.45, 7) is 0. The number of alkyl halides is 3. The lowest BCUT2D eigenvalue weighted by molar-refractivity contribution is -0.134. The molecule has 0 spiro atoms. The molecular weight excluding hydrogens is 565 g/mol. The van der Waals surface area contributed by atoms with E-state index in [2.05, 4.69) is 5.32 Å². The van der Waals surface area contributed by atoms with Gasteiger partial charge < -0.3 is 29.9 Å². The van der Waals surface area contributed by atoms with Gasteiger partial charge in [-0.25, -0.2) is 8.78 Å². The van der Waals surface area contributed by atoms with Gasteiger partial charge in [-0.1, -0.05) is 23.7 Å². The molecule has 0 aliphatic carbocycles. The van der Waals surface area contributed by atoms with Crippen molar-refractivity contribution in [2.45, 2.75) is 25.0 Å². The molecule has 1 aliphatic heterocycles. The fourth-order valence-corrected chi connectivity index (χ4v) is 3.95. The average Bonchev–Trinajstić information content (AvgIpc) is 2.87. The number of hydrogen-bond donors (Lipinski definition) is 3. The van der Waals surface area contributed by atoms with Crippen molar-refractivity contribution < 1.29 is 46.4 Å². The van der Waals surface area contributed by atoms with Crippen molar-refractivity contribution in [3.63, 3.8) is 0 Å². The number of ether oxygens (including phenoxy) is 2. The number of hydrogen-bond acceptors (Lipinski definition) is 7. The monoisotopic (exact) mass is 585 g/mol. The fraction of sp³-hybridized carbons (Fsp3) is 0.192. The molecule has 1 aliphatic rings. The minimum absolute atomic E-state index is 0.0160. The second-order valence-electron chi connectivity index (χ2n) is 8.46. The van der Waals surface area contributed by atoms with Gasteiger partial charge in [0.2, 0.25) is 6.35 Å². The Morgan fingerprint density at radius 2 is 1.55 bits per heavy atom. The zero-order valence-corrected chi connectivity index (χ0v) is 21.2. The maximum Gasteiger partial charge on any atom is 0.431 e. The molecule has 0 fully saturated rings. The van der Waals surface area contributed by atoms with Crippen molar-refractivity contribution in [1.29, 1.82) is 0 Å². The van der Waals surface area contributed by atoms with E-state index in [4.69, 9.17) is 21.1 Å².